The van der Waals surface area contributed by atoms with Crippen LogP contribution in [-0.2, 0) is 0 Å². The standard InChI is InChI=1S/C12H15F2NO3/c1-11(2,6-16)10(15)7-3-4-8-9(5-7)18-12(13,14)17-8/h3-5,10,16H,6,15H2,1-2H3/t10-/m0/s1. The molecular weight excluding hydrogens is 244 g/mol. The van der Waals surface area contributed by atoms with Crippen molar-refractivity contribution in [3.63, 3.8) is 0 Å². The Labute approximate surface area is 103 Å². The zero-order valence-electron chi connectivity index (χ0n) is 10.1. The molecule has 1 heterocycles. The van der Waals surface area contributed by atoms with Gasteiger partial charge in [0.1, 0.15) is 0 Å². The molecule has 0 saturated carbocycles. The van der Waals surface area contributed by atoms with Gasteiger partial charge in [0.25, 0.3) is 0 Å². The van der Waals surface area contributed by atoms with Crippen molar-refractivity contribution in [3.05, 3.63) is 23.8 Å². The van der Waals surface area contributed by atoms with Gasteiger partial charge in [0.05, 0.1) is 0 Å². The van der Waals surface area contributed by atoms with Crippen LogP contribution in [0.2, 0.25) is 0 Å². The van der Waals surface area contributed by atoms with Crippen molar-refractivity contribution in [1.82, 2.24) is 0 Å². The lowest BCUT2D eigenvalue weighted by Crippen LogP contribution is -2.32. The van der Waals surface area contributed by atoms with Gasteiger partial charge in [-0.2, -0.15) is 0 Å². The van der Waals surface area contributed by atoms with Gasteiger partial charge >= 0.3 is 6.29 Å². The van der Waals surface area contributed by atoms with Crippen molar-refractivity contribution in [2.24, 2.45) is 11.1 Å². The first-order chi connectivity index (χ1) is 8.25. The van der Waals surface area contributed by atoms with Crippen LogP contribution < -0.4 is 15.2 Å². The van der Waals surface area contributed by atoms with Gasteiger partial charge in [0, 0.05) is 18.1 Å². The van der Waals surface area contributed by atoms with Crippen molar-refractivity contribution in [2.75, 3.05) is 6.61 Å². The van der Waals surface area contributed by atoms with E-state index in [4.69, 9.17) is 5.73 Å². The van der Waals surface area contributed by atoms with Crippen LogP contribution in [-0.4, -0.2) is 18.0 Å². The Morgan fingerprint density at radius 3 is 2.56 bits per heavy atom. The molecule has 0 fully saturated rings. The zero-order valence-corrected chi connectivity index (χ0v) is 10.1. The molecule has 0 bridgehead atoms. The van der Waals surface area contributed by atoms with E-state index < -0.39 is 17.8 Å². The van der Waals surface area contributed by atoms with Gasteiger partial charge in [-0.25, -0.2) is 0 Å². The third-order valence-corrected chi connectivity index (χ3v) is 3.03. The third-order valence-electron chi connectivity index (χ3n) is 3.03. The maximum Gasteiger partial charge on any atom is 0.586 e. The molecule has 1 atom stereocenters. The highest BCUT2D eigenvalue weighted by atomic mass is 19.3. The molecule has 6 heteroatoms. The van der Waals surface area contributed by atoms with E-state index in [1.807, 2.05) is 0 Å². The average molecular weight is 259 g/mol. The van der Waals surface area contributed by atoms with Gasteiger partial charge in [0.15, 0.2) is 11.5 Å². The summed E-state index contributed by atoms with van der Waals surface area (Å²) in [5, 5.41) is 9.25. The summed E-state index contributed by atoms with van der Waals surface area (Å²) in [4.78, 5) is 0. The van der Waals surface area contributed by atoms with Crippen molar-refractivity contribution >= 4 is 0 Å². The lowest BCUT2D eigenvalue weighted by molar-refractivity contribution is -0.286. The number of halogens is 2. The number of hydrogen-bond donors (Lipinski definition) is 2. The number of ether oxygens (including phenoxy) is 2. The number of rotatable bonds is 3. The minimum atomic E-state index is -3.63. The molecule has 4 nitrogen and oxygen atoms in total. The molecule has 1 aromatic rings. The quantitative estimate of drug-likeness (QED) is 0.871. The summed E-state index contributed by atoms with van der Waals surface area (Å²) in [6.45, 7) is 3.46. The second-order valence-electron chi connectivity index (χ2n) is 5.00. The summed E-state index contributed by atoms with van der Waals surface area (Å²) in [7, 11) is 0. The zero-order chi connectivity index (χ0) is 13.6. The maximum absolute atomic E-state index is 12.9. The van der Waals surface area contributed by atoms with Gasteiger partial charge in [-0.15, -0.1) is 8.78 Å². The van der Waals surface area contributed by atoms with Gasteiger partial charge < -0.3 is 20.3 Å². The van der Waals surface area contributed by atoms with Crippen LogP contribution in [0.5, 0.6) is 11.5 Å². The predicted octanol–water partition coefficient (Wildman–Crippen LogP) is 2.03. The number of benzene rings is 1. The van der Waals surface area contributed by atoms with Crippen LogP contribution in [0.25, 0.3) is 0 Å². The normalized spacial score (nSPS) is 18.8. The van der Waals surface area contributed by atoms with E-state index in [1.165, 1.54) is 12.1 Å². The minimum absolute atomic E-state index is 0.0160. The molecule has 0 spiro atoms. The van der Waals surface area contributed by atoms with E-state index in [0.29, 0.717) is 5.56 Å². The van der Waals surface area contributed by atoms with Crippen LogP contribution in [0.4, 0.5) is 8.78 Å². The van der Waals surface area contributed by atoms with E-state index in [-0.39, 0.29) is 18.1 Å². The Hall–Kier alpha value is -1.40. The average Bonchev–Trinajstić information content (AvgIpc) is 2.60. The fourth-order valence-corrected chi connectivity index (χ4v) is 1.71. The minimum Gasteiger partial charge on any atom is -0.396 e. The summed E-state index contributed by atoms with van der Waals surface area (Å²) in [6.07, 6.45) is -3.63. The Balaban J connectivity index is 2.29. The van der Waals surface area contributed by atoms with Crippen molar-refractivity contribution in [3.8, 4) is 11.5 Å². The summed E-state index contributed by atoms with van der Waals surface area (Å²) >= 11 is 0. The highest BCUT2D eigenvalue weighted by Gasteiger charge is 2.43. The number of aliphatic hydroxyl groups excluding tert-OH is 1. The lowest BCUT2D eigenvalue weighted by atomic mass is 9.82. The third kappa shape index (κ3) is 2.26. The van der Waals surface area contributed by atoms with E-state index in [9.17, 15) is 13.9 Å². The predicted molar refractivity (Wildman–Crippen MR) is 60.4 cm³/mol. The Morgan fingerprint density at radius 1 is 1.33 bits per heavy atom. The number of alkyl halides is 2. The van der Waals surface area contributed by atoms with Crippen LogP contribution >= 0.6 is 0 Å². The van der Waals surface area contributed by atoms with Gasteiger partial charge in [0.2, 0.25) is 0 Å². The highest BCUT2D eigenvalue weighted by Crippen LogP contribution is 2.43. The fourth-order valence-electron chi connectivity index (χ4n) is 1.71. The van der Waals surface area contributed by atoms with Crippen LogP contribution in [0.1, 0.15) is 25.5 Å². The Morgan fingerprint density at radius 2 is 1.94 bits per heavy atom. The molecule has 0 unspecified atom stereocenters. The molecule has 0 aliphatic carbocycles. The summed E-state index contributed by atoms with van der Waals surface area (Å²) in [5.74, 6) is -0.0561. The van der Waals surface area contributed by atoms with Gasteiger partial charge in [-0.3, -0.25) is 0 Å². The first-order valence-electron chi connectivity index (χ1n) is 5.51. The first-order valence-corrected chi connectivity index (χ1v) is 5.51. The van der Waals surface area contributed by atoms with E-state index in [2.05, 4.69) is 9.47 Å². The van der Waals surface area contributed by atoms with Crippen molar-refractivity contribution in [1.29, 1.82) is 0 Å². The first kappa shape index (κ1) is 13.0. The molecule has 1 aliphatic rings. The lowest BCUT2D eigenvalue weighted by Gasteiger charge is -2.29. The molecule has 0 amide bonds. The topological polar surface area (TPSA) is 64.7 Å². The largest absolute Gasteiger partial charge is 0.586 e. The number of aliphatic hydroxyl groups is 1. The molecular formula is C12H15F2NO3. The molecule has 2 rings (SSSR count). The molecule has 18 heavy (non-hydrogen) atoms. The fraction of sp³-hybridized carbons (Fsp3) is 0.500. The number of fused-ring (bicyclic) bond motifs is 1. The highest BCUT2D eigenvalue weighted by molar-refractivity contribution is 5.46. The van der Waals surface area contributed by atoms with Crippen LogP contribution in [0.15, 0.2) is 18.2 Å². The molecule has 1 aromatic carbocycles. The summed E-state index contributed by atoms with van der Waals surface area (Å²) in [5.41, 5.74) is 6.05. The number of nitrogens with two attached hydrogens (primary N) is 1. The smallest absolute Gasteiger partial charge is 0.396 e. The van der Waals surface area contributed by atoms with E-state index >= 15 is 0 Å². The maximum atomic E-state index is 12.9. The second-order valence-corrected chi connectivity index (χ2v) is 5.00. The monoisotopic (exact) mass is 259 g/mol. The molecule has 100 valence electrons. The Kier molecular flexibility index (Phi) is 2.95. The van der Waals surface area contributed by atoms with Crippen molar-refractivity contribution < 1.29 is 23.4 Å². The summed E-state index contributed by atoms with van der Waals surface area (Å²) < 4.78 is 34.4. The molecule has 0 saturated heterocycles. The molecule has 1 aliphatic heterocycles. The van der Waals surface area contributed by atoms with Gasteiger partial charge in [-0.05, 0) is 17.7 Å². The van der Waals surface area contributed by atoms with E-state index in [0.717, 1.165) is 0 Å². The Bertz CT molecular complexity index is 463. The van der Waals surface area contributed by atoms with Gasteiger partial charge in [-0.1, -0.05) is 19.9 Å². The van der Waals surface area contributed by atoms with Crippen LogP contribution in [0, 0.1) is 5.41 Å². The second kappa shape index (κ2) is 4.07. The van der Waals surface area contributed by atoms with Crippen LogP contribution in [0.3, 0.4) is 0 Å². The molecule has 0 radical (unpaired) electrons. The van der Waals surface area contributed by atoms with E-state index in [1.54, 1.807) is 19.9 Å². The molecule has 3 N–H and O–H groups in total. The SMILES string of the molecule is CC(C)(CO)[C@@H](N)c1ccc2c(c1)OC(F)(F)O2. The molecule has 0 aromatic heterocycles. The summed E-state index contributed by atoms with van der Waals surface area (Å²) in [6, 6.07) is 3.90. The number of hydrogen-bond acceptors (Lipinski definition) is 4. The van der Waals surface area contributed by atoms with Crippen molar-refractivity contribution in [2.45, 2.75) is 26.2 Å².